The molecule has 1 fully saturated rings. The molecule has 0 spiro atoms. The number of nitro groups is 1. The van der Waals surface area contributed by atoms with Gasteiger partial charge in [0.2, 0.25) is 5.95 Å². The summed E-state index contributed by atoms with van der Waals surface area (Å²) in [7, 11) is 0. The molecule has 1 aromatic heterocycles. The first-order chi connectivity index (χ1) is 16.1. The normalized spacial score (nSPS) is 15.7. The minimum absolute atomic E-state index is 0.0211. The molecular formula is C22H23N5O5S. The number of aryl methyl sites for hydroxylation is 1. The number of hydrogen-bond donors (Lipinski definition) is 0. The fourth-order valence-corrected chi connectivity index (χ4v) is 4.89. The van der Waals surface area contributed by atoms with E-state index in [0.29, 0.717) is 35.4 Å². The first kappa shape index (κ1) is 21.7. The van der Waals surface area contributed by atoms with Gasteiger partial charge in [0.15, 0.2) is 11.9 Å². The maximum absolute atomic E-state index is 11.4. The van der Waals surface area contributed by atoms with E-state index in [2.05, 4.69) is 32.7 Å². The van der Waals surface area contributed by atoms with E-state index in [1.807, 2.05) is 18.2 Å². The molecule has 2 aromatic carbocycles. The molecule has 10 nitrogen and oxygen atoms in total. The smallest absolute Gasteiger partial charge is 0.270 e. The molecule has 0 unspecified atom stereocenters. The van der Waals surface area contributed by atoms with Gasteiger partial charge in [0.05, 0.1) is 30.4 Å². The van der Waals surface area contributed by atoms with E-state index in [9.17, 15) is 10.1 Å². The van der Waals surface area contributed by atoms with Gasteiger partial charge in [0, 0.05) is 42.1 Å². The van der Waals surface area contributed by atoms with Crippen LogP contribution in [-0.2, 0) is 21.8 Å². The van der Waals surface area contributed by atoms with Gasteiger partial charge < -0.3 is 19.1 Å². The van der Waals surface area contributed by atoms with Crippen LogP contribution in [0, 0.1) is 17.0 Å². The average molecular weight is 470 g/mol. The highest BCUT2D eigenvalue weighted by molar-refractivity contribution is 7.98. The van der Waals surface area contributed by atoms with Gasteiger partial charge in [-0.2, -0.15) is 0 Å². The van der Waals surface area contributed by atoms with Crippen molar-refractivity contribution in [2.75, 3.05) is 38.0 Å². The molecule has 33 heavy (non-hydrogen) atoms. The largest absolute Gasteiger partial charge is 0.467 e. The fourth-order valence-electron chi connectivity index (χ4n) is 3.98. The molecule has 0 atom stereocenters. The Balaban J connectivity index is 1.51. The number of nitrogens with zero attached hydrogens (tertiary/aromatic N) is 5. The van der Waals surface area contributed by atoms with Crippen LogP contribution in [0.1, 0.15) is 16.7 Å². The molecule has 0 radical (unpaired) electrons. The number of rotatable bonds is 6. The lowest BCUT2D eigenvalue weighted by molar-refractivity contribution is -0.385. The van der Waals surface area contributed by atoms with Crippen molar-refractivity contribution in [3.8, 4) is 11.4 Å². The third-order valence-corrected chi connectivity index (χ3v) is 6.58. The Kier molecular flexibility index (Phi) is 6.16. The highest BCUT2D eigenvalue weighted by Crippen LogP contribution is 2.37. The molecule has 0 amide bonds. The number of fused-ring (bicyclic) bond motifs is 1. The quantitative estimate of drug-likeness (QED) is 0.305. The van der Waals surface area contributed by atoms with Gasteiger partial charge in [0.1, 0.15) is 5.75 Å². The standard InChI is InChI=1S/C22H23N5O5S/c1-15-4-2-3-5-19(15)26-21(25-6-8-30-9-7-25)23-24-22(26)33-13-17-11-18(27(28)29)10-16-12-31-14-32-20(16)17/h2-5,10-11H,6-9,12-14H2,1H3. The number of nitro benzene ring substituents is 1. The van der Waals surface area contributed by atoms with Gasteiger partial charge >= 0.3 is 0 Å². The Labute approximate surface area is 194 Å². The van der Waals surface area contributed by atoms with Crippen LogP contribution in [0.25, 0.3) is 5.69 Å². The van der Waals surface area contributed by atoms with Gasteiger partial charge in [-0.25, -0.2) is 0 Å². The highest BCUT2D eigenvalue weighted by atomic mass is 32.2. The molecule has 0 saturated carbocycles. The molecule has 2 aliphatic rings. The van der Waals surface area contributed by atoms with E-state index in [0.717, 1.165) is 35.9 Å². The number of aromatic nitrogens is 3. The van der Waals surface area contributed by atoms with E-state index in [-0.39, 0.29) is 19.1 Å². The van der Waals surface area contributed by atoms with Crippen LogP contribution in [0.4, 0.5) is 11.6 Å². The minimum Gasteiger partial charge on any atom is -0.467 e. The van der Waals surface area contributed by atoms with Crippen LogP contribution in [0.2, 0.25) is 0 Å². The van der Waals surface area contributed by atoms with Crippen LogP contribution < -0.4 is 9.64 Å². The molecule has 3 heterocycles. The molecule has 0 N–H and O–H groups in total. The van der Waals surface area contributed by atoms with Gasteiger partial charge in [-0.05, 0) is 18.6 Å². The van der Waals surface area contributed by atoms with Gasteiger partial charge in [-0.1, -0.05) is 30.0 Å². The molecular weight excluding hydrogens is 446 g/mol. The maximum atomic E-state index is 11.4. The molecule has 3 aromatic rings. The second-order valence-corrected chi connectivity index (χ2v) is 8.70. The summed E-state index contributed by atoms with van der Waals surface area (Å²) in [4.78, 5) is 13.2. The zero-order chi connectivity index (χ0) is 22.8. The molecule has 1 saturated heterocycles. The number of anilines is 1. The van der Waals surface area contributed by atoms with Gasteiger partial charge in [0.25, 0.3) is 5.69 Å². The topological polar surface area (TPSA) is 105 Å². The Hall–Kier alpha value is -3.15. The number of benzene rings is 2. The first-order valence-corrected chi connectivity index (χ1v) is 11.6. The van der Waals surface area contributed by atoms with E-state index in [1.54, 1.807) is 6.07 Å². The van der Waals surface area contributed by atoms with Crippen LogP contribution >= 0.6 is 11.8 Å². The van der Waals surface area contributed by atoms with Crippen molar-refractivity contribution in [1.29, 1.82) is 0 Å². The number of non-ortho nitro benzene ring substituents is 1. The number of hydrogen-bond acceptors (Lipinski definition) is 9. The Morgan fingerprint density at radius 1 is 1.15 bits per heavy atom. The van der Waals surface area contributed by atoms with Crippen molar-refractivity contribution in [2.24, 2.45) is 0 Å². The lowest BCUT2D eigenvalue weighted by Gasteiger charge is -2.28. The summed E-state index contributed by atoms with van der Waals surface area (Å²) >= 11 is 1.47. The summed E-state index contributed by atoms with van der Waals surface area (Å²) in [5, 5.41) is 21.1. The van der Waals surface area contributed by atoms with Gasteiger partial charge in [-0.15, -0.1) is 10.2 Å². The molecule has 0 bridgehead atoms. The Morgan fingerprint density at radius 2 is 1.97 bits per heavy atom. The summed E-state index contributed by atoms with van der Waals surface area (Å²) in [6.45, 7) is 5.22. The third kappa shape index (κ3) is 4.39. The molecule has 5 rings (SSSR count). The summed E-state index contributed by atoms with van der Waals surface area (Å²) in [6, 6.07) is 11.2. The monoisotopic (exact) mass is 469 g/mol. The van der Waals surface area contributed by atoms with Crippen molar-refractivity contribution in [3.05, 3.63) is 63.2 Å². The Morgan fingerprint density at radius 3 is 2.76 bits per heavy atom. The van der Waals surface area contributed by atoms with E-state index < -0.39 is 4.92 Å². The van der Waals surface area contributed by atoms with Crippen LogP contribution in [0.15, 0.2) is 41.6 Å². The maximum Gasteiger partial charge on any atom is 0.270 e. The minimum atomic E-state index is -0.393. The molecule has 172 valence electrons. The zero-order valence-electron chi connectivity index (χ0n) is 18.1. The number of morpholine rings is 1. The molecule has 11 heteroatoms. The lowest BCUT2D eigenvalue weighted by Crippen LogP contribution is -2.38. The highest BCUT2D eigenvalue weighted by Gasteiger charge is 2.25. The van der Waals surface area contributed by atoms with Crippen molar-refractivity contribution >= 4 is 23.4 Å². The predicted molar refractivity (Wildman–Crippen MR) is 122 cm³/mol. The Bertz CT molecular complexity index is 1180. The van der Waals surface area contributed by atoms with Crippen LogP contribution in [0.5, 0.6) is 5.75 Å². The summed E-state index contributed by atoms with van der Waals surface area (Å²) < 4.78 is 18.6. The van der Waals surface area contributed by atoms with E-state index in [1.165, 1.54) is 17.8 Å². The lowest BCUT2D eigenvalue weighted by atomic mass is 10.1. The number of ether oxygens (including phenoxy) is 3. The van der Waals surface area contributed by atoms with Crippen LogP contribution in [-0.4, -0.2) is 52.8 Å². The predicted octanol–water partition coefficient (Wildman–Crippen LogP) is 3.48. The third-order valence-electron chi connectivity index (χ3n) is 5.61. The van der Waals surface area contributed by atoms with E-state index in [4.69, 9.17) is 14.2 Å². The molecule has 2 aliphatic heterocycles. The van der Waals surface area contributed by atoms with Crippen molar-refractivity contribution < 1.29 is 19.1 Å². The first-order valence-electron chi connectivity index (χ1n) is 10.6. The number of para-hydroxylation sites is 1. The number of thioether (sulfide) groups is 1. The fraction of sp³-hybridized carbons (Fsp3) is 0.364. The SMILES string of the molecule is Cc1ccccc1-n1c(SCc2cc([N+](=O)[O-])cc3c2OCOC3)nnc1N1CCOCC1. The zero-order valence-corrected chi connectivity index (χ0v) is 18.9. The summed E-state index contributed by atoms with van der Waals surface area (Å²) in [6.07, 6.45) is 0. The van der Waals surface area contributed by atoms with E-state index >= 15 is 0 Å². The summed E-state index contributed by atoms with van der Waals surface area (Å²) in [5.41, 5.74) is 3.53. The second-order valence-electron chi connectivity index (χ2n) is 7.75. The van der Waals surface area contributed by atoms with Crippen molar-refractivity contribution in [2.45, 2.75) is 24.4 Å². The van der Waals surface area contributed by atoms with Crippen LogP contribution in [0.3, 0.4) is 0 Å². The van der Waals surface area contributed by atoms with Crippen molar-refractivity contribution in [1.82, 2.24) is 14.8 Å². The summed E-state index contributed by atoms with van der Waals surface area (Å²) in [5.74, 6) is 1.85. The van der Waals surface area contributed by atoms with Gasteiger partial charge in [-0.3, -0.25) is 14.7 Å². The average Bonchev–Trinajstić information content (AvgIpc) is 3.27. The van der Waals surface area contributed by atoms with Crippen molar-refractivity contribution in [3.63, 3.8) is 0 Å². The second kappa shape index (κ2) is 9.38. The molecule has 0 aliphatic carbocycles.